The Morgan fingerprint density at radius 3 is 2.71 bits per heavy atom. The first-order valence-corrected chi connectivity index (χ1v) is 12.8. The molecule has 1 N–H and O–H groups in total. The topological polar surface area (TPSA) is 86.4 Å². The van der Waals surface area contributed by atoms with E-state index in [4.69, 9.17) is 0 Å². The van der Waals surface area contributed by atoms with Gasteiger partial charge in [-0.2, -0.15) is 4.31 Å². The highest BCUT2D eigenvalue weighted by molar-refractivity contribution is 7.91. The first-order chi connectivity index (χ1) is 15.0. The number of carbonyl (C=O) groups is 1. The van der Waals surface area contributed by atoms with Crippen LogP contribution in [-0.4, -0.2) is 59.7 Å². The molecule has 5 heterocycles. The summed E-state index contributed by atoms with van der Waals surface area (Å²) in [6.07, 6.45) is 7.85. The number of thiophene rings is 1. The molecule has 31 heavy (non-hydrogen) atoms. The highest BCUT2D eigenvalue weighted by Crippen LogP contribution is 2.31. The number of H-pyrrole nitrogens is 1. The van der Waals surface area contributed by atoms with Crippen molar-refractivity contribution in [3.05, 3.63) is 53.7 Å². The fraction of sp³-hybridized carbons (Fsp3) is 0.364. The fourth-order valence-corrected chi connectivity index (χ4v) is 7.09. The maximum atomic E-state index is 13.1. The number of aromatic nitrogens is 2. The maximum absolute atomic E-state index is 13.1. The molecule has 9 heteroatoms. The van der Waals surface area contributed by atoms with E-state index in [1.165, 1.54) is 21.2 Å². The number of nitrogens with zero attached hydrogens (tertiary/aromatic N) is 3. The maximum Gasteiger partial charge on any atom is 0.252 e. The molecule has 0 unspecified atom stereocenters. The zero-order chi connectivity index (χ0) is 21.4. The summed E-state index contributed by atoms with van der Waals surface area (Å²) < 4.78 is 27.3. The quantitative estimate of drug-likeness (QED) is 0.652. The molecule has 1 fully saturated rings. The first-order valence-electron chi connectivity index (χ1n) is 10.5. The summed E-state index contributed by atoms with van der Waals surface area (Å²) in [6, 6.07) is 7.38. The van der Waals surface area contributed by atoms with Crippen LogP contribution in [-0.2, 0) is 14.8 Å². The van der Waals surface area contributed by atoms with Gasteiger partial charge < -0.3 is 9.88 Å². The molecular weight excluding hydrogens is 432 g/mol. The molecule has 0 aliphatic carbocycles. The summed E-state index contributed by atoms with van der Waals surface area (Å²) in [4.78, 5) is 22.5. The van der Waals surface area contributed by atoms with Gasteiger partial charge in [0.05, 0.1) is 0 Å². The predicted octanol–water partition coefficient (Wildman–Crippen LogP) is 3.34. The zero-order valence-electron chi connectivity index (χ0n) is 17.0. The Balaban J connectivity index is 1.21. The van der Waals surface area contributed by atoms with Crippen molar-refractivity contribution >= 4 is 43.9 Å². The largest absolute Gasteiger partial charge is 0.346 e. The third-order valence-corrected chi connectivity index (χ3v) is 9.48. The molecule has 0 saturated carbocycles. The number of fused-ring (bicyclic) bond motifs is 1. The Bertz CT molecular complexity index is 1220. The van der Waals surface area contributed by atoms with Gasteiger partial charge >= 0.3 is 0 Å². The number of amides is 1. The summed E-state index contributed by atoms with van der Waals surface area (Å²) in [5.41, 5.74) is 3.27. The molecule has 1 amide bonds. The van der Waals surface area contributed by atoms with Crippen LogP contribution in [0.15, 0.2) is 52.3 Å². The second kappa shape index (κ2) is 8.22. The number of hydrogen-bond donors (Lipinski definition) is 1. The number of carbonyl (C=O) groups excluding carboxylic acids is 1. The Hall–Kier alpha value is -2.49. The Labute approximate surface area is 185 Å². The number of nitrogens with one attached hydrogen (secondary N) is 1. The molecule has 3 aromatic rings. The molecule has 3 aromatic heterocycles. The van der Waals surface area contributed by atoms with E-state index in [2.05, 4.69) is 22.1 Å². The molecule has 0 radical (unpaired) electrons. The zero-order valence-corrected chi connectivity index (χ0v) is 18.7. The van der Waals surface area contributed by atoms with E-state index >= 15 is 0 Å². The predicted molar refractivity (Wildman–Crippen MR) is 121 cm³/mol. The number of hydrogen-bond acceptors (Lipinski definition) is 5. The molecular formula is C22H24N4O3S2. The molecule has 0 bridgehead atoms. The summed E-state index contributed by atoms with van der Waals surface area (Å²) in [6.45, 7) is 2.07. The van der Waals surface area contributed by atoms with Gasteiger partial charge in [0.2, 0.25) is 5.91 Å². The minimum absolute atomic E-state index is 0.109. The van der Waals surface area contributed by atoms with Gasteiger partial charge in [0.25, 0.3) is 10.0 Å². The number of pyridine rings is 1. The van der Waals surface area contributed by atoms with E-state index in [1.54, 1.807) is 23.7 Å². The van der Waals surface area contributed by atoms with Gasteiger partial charge in [-0.05, 0) is 48.4 Å². The van der Waals surface area contributed by atoms with Crippen LogP contribution in [0.4, 0.5) is 0 Å². The van der Waals surface area contributed by atoms with Gasteiger partial charge in [-0.1, -0.05) is 12.1 Å². The third-order valence-electron chi connectivity index (χ3n) is 6.21. The number of sulfonamides is 1. The first kappa shape index (κ1) is 20.4. The average molecular weight is 457 g/mol. The van der Waals surface area contributed by atoms with E-state index in [-0.39, 0.29) is 11.8 Å². The highest BCUT2D eigenvalue weighted by Gasteiger charge is 2.34. The lowest BCUT2D eigenvalue weighted by molar-refractivity contribution is -0.136. The van der Waals surface area contributed by atoms with Crippen molar-refractivity contribution in [3.8, 4) is 0 Å². The number of aromatic amines is 1. The highest BCUT2D eigenvalue weighted by atomic mass is 32.2. The lowest BCUT2D eigenvalue weighted by Crippen LogP contribution is -2.45. The lowest BCUT2D eigenvalue weighted by Gasteiger charge is -2.34. The minimum Gasteiger partial charge on any atom is -0.346 e. The molecule has 0 atom stereocenters. The van der Waals surface area contributed by atoms with Crippen LogP contribution in [0.3, 0.4) is 0 Å². The van der Waals surface area contributed by atoms with Gasteiger partial charge in [0.1, 0.15) is 9.86 Å². The van der Waals surface area contributed by atoms with Crippen molar-refractivity contribution < 1.29 is 13.2 Å². The molecule has 0 spiro atoms. The molecule has 162 valence electrons. The van der Waals surface area contributed by atoms with E-state index in [1.807, 2.05) is 17.2 Å². The Morgan fingerprint density at radius 2 is 2.00 bits per heavy atom. The fourth-order valence-electron chi connectivity index (χ4n) is 4.47. The van der Waals surface area contributed by atoms with Crippen molar-refractivity contribution in [2.75, 3.05) is 26.2 Å². The summed E-state index contributed by atoms with van der Waals surface area (Å²) >= 11 is 1.24. The van der Waals surface area contributed by atoms with Crippen LogP contribution in [0.5, 0.6) is 0 Å². The Kier molecular flexibility index (Phi) is 5.41. The van der Waals surface area contributed by atoms with Crippen molar-refractivity contribution in [3.63, 3.8) is 0 Å². The number of piperidine rings is 1. The minimum atomic E-state index is -3.43. The van der Waals surface area contributed by atoms with Crippen LogP contribution in [0, 0.1) is 5.92 Å². The van der Waals surface area contributed by atoms with Crippen LogP contribution in [0.25, 0.3) is 16.6 Å². The van der Waals surface area contributed by atoms with E-state index < -0.39 is 10.0 Å². The van der Waals surface area contributed by atoms with Gasteiger partial charge in [0, 0.05) is 55.4 Å². The smallest absolute Gasteiger partial charge is 0.252 e. The van der Waals surface area contributed by atoms with Crippen molar-refractivity contribution in [1.82, 2.24) is 19.2 Å². The van der Waals surface area contributed by atoms with Gasteiger partial charge in [0.15, 0.2) is 0 Å². The Morgan fingerprint density at radius 1 is 1.16 bits per heavy atom. The van der Waals surface area contributed by atoms with Crippen LogP contribution in [0.1, 0.15) is 24.8 Å². The van der Waals surface area contributed by atoms with Crippen LogP contribution < -0.4 is 0 Å². The standard InChI is InChI=1S/C22H24N4O3S2/c27-22(17-7-12-26(13-8-17)31(28,29)20-4-2-14-30-20)25-10-5-16(6-11-25)19-15-24-21-18(19)3-1-9-23-21/h1-5,9,14-15,17H,6-8,10-13H2,(H,23,24). The van der Waals surface area contributed by atoms with Crippen LogP contribution >= 0.6 is 11.3 Å². The lowest BCUT2D eigenvalue weighted by atomic mass is 9.94. The SMILES string of the molecule is O=C(C1CCN(S(=O)(=O)c2cccs2)CC1)N1CC=C(c2c[nH]c3ncccc23)CC1. The second-order valence-electron chi connectivity index (χ2n) is 7.98. The van der Waals surface area contributed by atoms with Crippen molar-refractivity contribution in [1.29, 1.82) is 0 Å². The summed E-state index contributed by atoms with van der Waals surface area (Å²) in [5.74, 6) is 0.0334. The van der Waals surface area contributed by atoms with Gasteiger partial charge in [-0.3, -0.25) is 4.79 Å². The molecule has 7 nitrogen and oxygen atoms in total. The van der Waals surface area contributed by atoms with E-state index in [0.29, 0.717) is 43.2 Å². The van der Waals surface area contributed by atoms with Gasteiger partial charge in [-0.15, -0.1) is 11.3 Å². The molecule has 0 aromatic carbocycles. The second-order valence-corrected chi connectivity index (χ2v) is 11.1. The van der Waals surface area contributed by atoms with Crippen molar-refractivity contribution in [2.45, 2.75) is 23.5 Å². The van der Waals surface area contributed by atoms with E-state index in [9.17, 15) is 13.2 Å². The normalized spacial score (nSPS) is 19.0. The van der Waals surface area contributed by atoms with Crippen molar-refractivity contribution in [2.24, 2.45) is 5.92 Å². The molecule has 1 saturated heterocycles. The molecule has 2 aliphatic heterocycles. The van der Waals surface area contributed by atoms with E-state index in [0.717, 1.165) is 23.0 Å². The third kappa shape index (κ3) is 3.81. The summed E-state index contributed by atoms with van der Waals surface area (Å²) in [7, 11) is -3.43. The monoisotopic (exact) mass is 456 g/mol. The van der Waals surface area contributed by atoms with Gasteiger partial charge in [-0.25, -0.2) is 13.4 Å². The summed E-state index contributed by atoms with van der Waals surface area (Å²) in [5, 5.41) is 2.88. The molecule has 5 rings (SSSR count). The van der Waals surface area contributed by atoms with Crippen LogP contribution in [0.2, 0.25) is 0 Å². The number of rotatable bonds is 4. The average Bonchev–Trinajstić information content (AvgIpc) is 3.50. The molecule has 2 aliphatic rings.